The van der Waals surface area contributed by atoms with E-state index in [0.717, 1.165) is 22.4 Å². The van der Waals surface area contributed by atoms with Gasteiger partial charge in [-0.3, -0.25) is 4.79 Å². The Kier molecular flexibility index (Phi) is 2.03. The van der Waals surface area contributed by atoms with Gasteiger partial charge in [-0.25, -0.2) is 0 Å². The Bertz CT molecular complexity index is 774. The van der Waals surface area contributed by atoms with Crippen LogP contribution in [0, 0.1) is 0 Å². The minimum absolute atomic E-state index is 0.0196. The number of fused-ring (bicyclic) bond motifs is 3. The summed E-state index contributed by atoms with van der Waals surface area (Å²) >= 11 is 0. The van der Waals surface area contributed by atoms with E-state index in [2.05, 4.69) is 0 Å². The fourth-order valence-corrected chi connectivity index (χ4v) is 2.61. The van der Waals surface area contributed by atoms with Crippen molar-refractivity contribution < 1.29 is 9.21 Å². The minimum Gasteiger partial charge on any atom is -0.458 e. The van der Waals surface area contributed by atoms with Crippen molar-refractivity contribution in [2.24, 2.45) is 0 Å². The minimum atomic E-state index is 0.0196. The van der Waals surface area contributed by atoms with Crippen molar-refractivity contribution in [2.75, 3.05) is 4.90 Å². The van der Waals surface area contributed by atoms with E-state index in [9.17, 15) is 4.79 Å². The Morgan fingerprint density at radius 2 is 1.68 bits per heavy atom. The van der Waals surface area contributed by atoms with E-state index < -0.39 is 0 Å². The van der Waals surface area contributed by atoms with Crippen LogP contribution in [0.3, 0.4) is 0 Å². The fraction of sp³-hybridized carbons (Fsp3) is 0.0625. The smallest absolute Gasteiger partial charge is 0.262 e. The lowest BCUT2D eigenvalue weighted by atomic mass is 10.1. The first-order chi connectivity index (χ1) is 9.34. The molecule has 92 valence electrons. The van der Waals surface area contributed by atoms with Crippen molar-refractivity contribution in [3.05, 3.63) is 65.9 Å². The lowest BCUT2D eigenvalue weighted by Gasteiger charge is -2.15. The monoisotopic (exact) mass is 249 g/mol. The van der Waals surface area contributed by atoms with Gasteiger partial charge < -0.3 is 9.32 Å². The van der Waals surface area contributed by atoms with Crippen molar-refractivity contribution >= 4 is 22.6 Å². The summed E-state index contributed by atoms with van der Waals surface area (Å²) in [5, 5.41) is 0.904. The van der Waals surface area contributed by atoms with Crippen LogP contribution in [-0.2, 0) is 6.54 Å². The third kappa shape index (κ3) is 1.41. The number of hydrogen-bond donors (Lipinski definition) is 0. The molecule has 3 heteroatoms. The van der Waals surface area contributed by atoms with Crippen molar-refractivity contribution in [3.63, 3.8) is 0 Å². The molecular formula is C16H11NO2. The molecule has 0 fully saturated rings. The van der Waals surface area contributed by atoms with Gasteiger partial charge in [-0.05, 0) is 18.2 Å². The Hall–Kier alpha value is -2.55. The molecule has 0 aliphatic carbocycles. The van der Waals surface area contributed by atoms with Crippen LogP contribution >= 0.6 is 0 Å². The summed E-state index contributed by atoms with van der Waals surface area (Å²) in [5.41, 5.74) is 2.40. The largest absolute Gasteiger partial charge is 0.458 e. The van der Waals surface area contributed by atoms with Crippen LogP contribution in [0.1, 0.15) is 16.1 Å². The van der Waals surface area contributed by atoms with Crippen LogP contribution in [0.25, 0.3) is 11.0 Å². The fourth-order valence-electron chi connectivity index (χ4n) is 2.61. The van der Waals surface area contributed by atoms with Gasteiger partial charge in [-0.15, -0.1) is 0 Å². The molecule has 1 amide bonds. The molecule has 1 aromatic heterocycles. The molecule has 3 nitrogen and oxygen atoms in total. The van der Waals surface area contributed by atoms with Crippen molar-refractivity contribution in [1.29, 1.82) is 0 Å². The molecule has 0 atom stereocenters. The van der Waals surface area contributed by atoms with Crippen LogP contribution in [0.4, 0.5) is 5.69 Å². The zero-order chi connectivity index (χ0) is 12.8. The molecule has 19 heavy (non-hydrogen) atoms. The number of carbonyl (C=O) groups excluding carboxylic acids is 1. The standard InChI is InChI=1S/C16H11NO2/c18-16-15-12-8-4-5-9-13(12)19-14(15)10-17(16)11-6-2-1-3-7-11/h1-9H,10H2. The van der Waals surface area contributed by atoms with E-state index in [4.69, 9.17) is 4.42 Å². The highest BCUT2D eigenvalue weighted by Gasteiger charge is 2.33. The van der Waals surface area contributed by atoms with Crippen molar-refractivity contribution in [2.45, 2.75) is 6.54 Å². The second-order valence-corrected chi connectivity index (χ2v) is 4.62. The van der Waals surface area contributed by atoms with E-state index in [-0.39, 0.29) is 5.91 Å². The second-order valence-electron chi connectivity index (χ2n) is 4.62. The van der Waals surface area contributed by atoms with Crippen LogP contribution in [0.15, 0.2) is 59.0 Å². The number of nitrogens with zero attached hydrogens (tertiary/aromatic N) is 1. The molecule has 0 N–H and O–H groups in total. The molecule has 4 rings (SSSR count). The summed E-state index contributed by atoms with van der Waals surface area (Å²) < 4.78 is 5.77. The predicted molar refractivity (Wildman–Crippen MR) is 73.2 cm³/mol. The molecular weight excluding hydrogens is 238 g/mol. The Morgan fingerprint density at radius 3 is 2.53 bits per heavy atom. The molecule has 1 aliphatic heterocycles. The van der Waals surface area contributed by atoms with Crippen LogP contribution in [-0.4, -0.2) is 5.91 Å². The van der Waals surface area contributed by atoms with Gasteiger partial charge in [-0.2, -0.15) is 0 Å². The molecule has 2 heterocycles. The van der Waals surface area contributed by atoms with E-state index >= 15 is 0 Å². The highest BCUT2D eigenvalue weighted by Crippen LogP contribution is 2.35. The normalized spacial score (nSPS) is 14.1. The molecule has 3 aromatic rings. The summed E-state index contributed by atoms with van der Waals surface area (Å²) in [5.74, 6) is 0.779. The Balaban J connectivity index is 1.85. The average molecular weight is 249 g/mol. The molecule has 0 spiro atoms. The lowest BCUT2D eigenvalue weighted by Crippen LogP contribution is -2.23. The van der Waals surface area contributed by atoms with Crippen molar-refractivity contribution in [1.82, 2.24) is 0 Å². The molecule has 0 saturated heterocycles. The molecule has 0 bridgehead atoms. The van der Waals surface area contributed by atoms with Gasteiger partial charge in [0.15, 0.2) is 0 Å². The number of para-hydroxylation sites is 2. The van der Waals surface area contributed by atoms with Gasteiger partial charge in [0.05, 0.1) is 12.1 Å². The number of amides is 1. The van der Waals surface area contributed by atoms with Crippen LogP contribution < -0.4 is 4.90 Å². The topological polar surface area (TPSA) is 33.5 Å². The second kappa shape index (κ2) is 3.72. The number of benzene rings is 2. The SMILES string of the molecule is O=C1c2c(oc3ccccc23)CN1c1ccccc1. The predicted octanol–water partition coefficient (Wildman–Crippen LogP) is 3.59. The third-order valence-corrected chi connectivity index (χ3v) is 3.50. The van der Waals surface area contributed by atoms with Crippen LogP contribution in [0.5, 0.6) is 0 Å². The highest BCUT2D eigenvalue weighted by atomic mass is 16.3. The van der Waals surface area contributed by atoms with Gasteiger partial charge in [0.1, 0.15) is 11.3 Å². The number of furan rings is 1. The van der Waals surface area contributed by atoms with Gasteiger partial charge >= 0.3 is 0 Å². The summed E-state index contributed by atoms with van der Waals surface area (Å²) in [6.45, 7) is 0.507. The molecule has 1 aliphatic rings. The first-order valence-electron chi connectivity index (χ1n) is 6.22. The number of rotatable bonds is 1. The maximum Gasteiger partial charge on any atom is 0.262 e. The number of carbonyl (C=O) groups is 1. The van der Waals surface area contributed by atoms with E-state index in [1.807, 2.05) is 54.6 Å². The molecule has 0 radical (unpaired) electrons. The number of hydrogen-bond acceptors (Lipinski definition) is 2. The Labute approximate surface area is 110 Å². The van der Waals surface area contributed by atoms with E-state index in [0.29, 0.717) is 12.1 Å². The lowest BCUT2D eigenvalue weighted by molar-refractivity contribution is 0.0998. The quantitative estimate of drug-likeness (QED) is 0.660. The van der Waals surface area contributed by atoms with Gasteiger partial charge in [0.25, 0.3) is 5.91 Å². The van der Waals surface area contributed by atoms with E-state index in [1.54, 1.807) is 4.90 Å². The maximum atomic E-state index is 12.5. The third-order valence-electron chi connectivity index (χ3n) is 3.50. The van der Waals surface area contributed by atoms with Gasteiger partial charge in [0.2, 0.25) is 0 Å². The summed E-state index contributed by atoms with van der Waals surface area (Å²) in [7, 11) is 0. The first kappa shape index (κ1) is 10.4. The van der Waals surface area contributed by atoms with Crippen molar-refractivity contribution in [3.8, 4) is 0 Å². The van der Waals surface area contributed by atoms with Gasteiger partial charge in [-0.1, -0.05) is 36.4 Å². The zero-order valence-electron chi connectivity index (χ0n) is 10.2. The maximum absolute atomic E-state index is 12.5. The zero-order valence-corrected chi connectivity index (χ0v) is 10.2. The average Bonchev–Trinajstić information content (AvgIpc) is 2.97. The van der Waals surface area contributed by atoms with Gasteiger partial charge in [0, 0.05) is 11.1 Å². The molecule has 2 aromatic carbocycles. The van der Waals surface area contributed by atoms with E-state index in [1.165, 1.54) is 0 Å². The summed E-state index contributed by atoms with van der Waals surface area (Å²) in [6, 6.07) is 17.4. The number of anilines is 1. The summed E-state index contributed by atoms with van der Waals surface area (Å²) in [4.78, 5) is 14.3. The first-order valence-corrected chi connectivity index (χ1v) is 6.22. The molecule has 0 unspecified atom stereocenters. The summed E-state index contributed by atoms with van der Waals surface area (Å²) in [6.07, 6.45) is 0. The molecule has 0 saturated carbocycles. The Morgan fingerprint density at radius 1 is 0.947 bits per heavy atom. The highest BCUT2D eigenvalue weighted by molar-refractivity contribution is 6.16. The van der Waals surface area contributed by atoms with Crippen LogP contribution in [0.2, 0.25) is 0 Å².